The predicted molar refractivity (Wildman–Crippen MR) is 165 cm³/mol. The summed E-state index contributed by atoms with van der Waals surface area (Å²) in [4.78, 5) is 13.6. The summed E-state index contributed by atoms with van der Waals surface area (Å²) in [6.07, 6.45) is 1.51. The molecule has 1 aliphatic rings. The van der Waals surface area contributed by atoms with Crippen molar-refractivity contribution >= 4 is 32.2 Å². The van der Waals surface area contributed by atoms with Crippen molar-refractivity contribution in [2.24, 2.45) is 5.10 Å². The van der Waals surface area contributed by atoms with E-state index >= 15 is 0 Å². The molecule has 5 rings (SSSR count). The van der Waals surface area contributed by atoms with Crippen molar-refractivity contribution < 1.29 is 21.6 Å². The molecule has 1 atom stereocenters. The summed E-state index contributed by atoms with van der Waals surface area (Å²) < 4.78 is 58.3. The van der Waals surface area contributed by atoms with Gasteiger partial charge in [-0.25, -0.2) is 22.3 Å². The second-order valence-electron chi connectivity index (χ2n) is 10.3. The molecule has 0 aliphatic carbocycles. The lowest BCUT2D eigenvalue weighted by molar-refractivity contribution is -0.125. The standard InChI is InChI=1S/C31H33N5O5S2/c1-23-12-10-11-17-29(23)36-24(2)20-26(25(36)3)21-32-33-31(37)30-22-34(42(38,39)27-13-6-4-7-14-27)18-19-35(30)43(40,41)28-15-8-5-9-16-28/h4-17,20-21,30H,18-19,22H2,1-3H3,(H,33,37)/b32-21-/t30-/m0/s1. The molecular weight excluding hydrogens is 587 g/mol. The molecule has 1 aliphatic heterocycles. The number of nitrogens with one attached hydrogen (secondary N) is 1. The van der Waals surface area contributed by atoms with E-state index in [-0.39, 0.29) is 29.4 Å². The number of benzene rings is 3. The van der Waals surface area contributed by atoms with Gasteiger partial charge in [0.25, 0.3) is 5.91 Å². The van der Waals surface area contributed by atoms with Crippen LogP contribution in [0.2, 0.25) is 0 Å². The molecule has 12 heteroatoms. The number of hydrazone groups is 1. The number of aryl methyl sites for hydroxylation is 2. The molecule has 1 N–H and O–H groups in total. The van der Waals surface area contributed by atoms with Gasteiger partial charge in [-0.1, -0.05) is 54.6 Å². The first-order valence-electron chi connectivity index (χ1n) is 13.7. The Morgan fingerprint density at radius 1 is 0.814 bits per heavy atom. The van der Waals surface area contributed by atoms with Crippen molar-refractivity contribution in [2.75, 3.05) is 19.6 Å². The minimum Gasteiger partial charge on any atom is -0.318 e. The van der Waals surface area contributed by atoms with Gasteiger partial charge >= 0.3 is 0 Å². The maximum atomic E-state index is 13.6. The number of hydrogen-bond acceptors (Lipinski definition) is 6. The molecule has 0 saturated carbocycles. The topological polar surface area (TPSA) is 121 Å². The summed E-state index contributed by atoms with van der Waals surface area (Å²) in [5.41, 5.74) is 7.27. The average molecular weight is 620 g/mol. The molecule has 1 aromatic heterocycles. The molecule has 224 valence electrons. The summed E-state index contributed by atoms with van der Waals surface area (Å²) in [5, 5.41) is 4.16. The summed E-state index contributed by atoms with van der Waals surface area (Å²) in [5.74, 6) is -0.739. The Labute approximate surface area is 252 Å². The molecule has 3 aromatic carbocycles. The molecule has 10 nitrogen and oxygen atoms in total. The molecule has 0 unspecified atom stereocenters. The number of sulfonamides is 2. The van der Waals surface area contributed by atoms with Crippen LogP contribution in [0.5, 0.6) is 0 Å². The number of rotatable bonds is 8. The first-order valence-corrected chi connectivity index (χ1v) is 16.6. The highest BCUT2D eigenvalue weighted by Gasteiger charge is 2.43. The third-order valence-corrected chi connectivity index (χ3v) is 11.3. The highest BCUT2D eigenvalue weighted by atomic mass is 32.2. The Morgan fingerprint density at radius 2 is 1.40 bits per heavy atom. The van der Waals surface area contributed by atoms with E-state index in [2.05, 4.69) is 15.1 Å². The van der Waals surface area contributed by atoms with Gasteiger partial charge in [0.1, 0.15) is 6.04 Å². The smallest absolute Gasteiger partial charge is 0.259 e. The number of piperazine rings is 1. The highest BCUT2D eigenvalue weighted by molar-refractivity contribution is 7.89. The number of carbonyl (C=O) groups excluding carboxylic acids is 1. The Morgan fingerprint density at radius 3 is 2.02 bits per heavy atom. The van der Waals surface area contributed by atoms with Crippen LogP contribution in [0, 0.1) is 20.8 Å². The van der Waals surface area contributed by atoms with Gasteiger partial charge < -0.3 is 4.57 Å². The summed E-state index contributed by atoms with van der Waals surface area (Å²) in [7, 11) is -8.09. The third-order valence-electron chi connectivity index (χ3n) is 7.53. The Kier molecular flexibility index (Phi) is 8.65. The van der Waals surface area contributed by atoms with Gasteiger partial charge in [-0.2, -0.15) is 13.7 Å². The van der Waals surface area contributed by atoms with E-state index in [1.54, 1.807) is 36.4 Å². The number of nitrogens with zero attached hydrogens (tertiary/aromatic N) is 4. The molecule has 0 spiro atoms. The first kappa shape index (κ1) is 30.4. The van der Waals surface area contributed by atoms with Crippen LogP contribution < -0.4 is 5.43 Å². The van der Waals surface area contributed by atoms with Gasteiger partial charge in [0.15, 0.2) is 0 Å². The van der Waals surface area contributed by atoms with Crippen molar-refractivity contribution in [3.05, 3.63) is 114 Å². The van der Waals surface area contributed by atoms with Crippen LogP contribution >= 0.6 is 0 Å². The van der Waals surface area contributed by atoms with Crippen molar-refractivity contribution in [1.29, 1.82) is 0 Å². The van der Waals surface area contributed by atoms with Gasteiger partial charge in [0.2, 0.25) is 20.0 Å². The molecule has 0 bridgehead atoms. The molecule has 43 heavy (non-hydrogen) atoms. The zero-order valence-corrected chi connectivity index (χ0v) is 25.7. The summed E-state index contributed by atoms with van der Waals surface area (Å²) >= 11 is 0. The van der Waals surface area contributed by atoms with Crippen LogP contribution in [0.3, 0.4) is 0 Å². The number of carbonyl (C=O) groups is 1. The largest absolute Gasteiger partial charge is 0.318 e. The van der Waals surface area contributed by atoms with E-state index < -0.39 is 32.0 Å². The zero-order valence-electron chi connectivity index (χ0n) is 24.1. The van der Waals surface area contributed by atoms with Crippen LogP contribution in [-0.2, 0) is 24.8 Å². The summed E-state index contributed by atoms with van der Waals surface area (Å²) in [6.45, 7) is 5.27. The fourth-order valence-electron chi connectivity index (χ4n) is 5.27. The Bertz CT molecular complexity index is 1870. The van der Waals surface area contributed by atoms with E-state index in [1.165, 1.54) is 30.5 Å². The molecule has 1 saturated heterocycles. The number of hydrogen-bond donors (Lipinski definition) is 1. The lowest BCUT2D eigenvalue weighted by Gasteiger charge is -2.38. The monoisotopic (exact) mass is 619 g/mol. The Hall–Kier alpha value is -4.10. The van der Waals surface area contributed by atoms with E-state index in [0.717, 1.165) is 36.8 Å². The van der Waals surface area contributed by atoms with Crippen LogP contribution in [0.15, 0.2) is 106 Å². The highest BCUT2D eigenvalue weighted by Crippen LogP contribution is 2.26. The quantitative estimate of drug-likeness (QED) is 0.239. The molecule has 1 fully saturated rings. The van der Waals surface area contributed by atoms with E-state index in [0.29, 0.717) is 0 Å². The second kappa shape index (κ2) is 12.3. The Balaban J connectivity index is 1.42. The maximum absolute atomic E-state index is 13.6. The van der Waals surface area contributed by atoms with Crippen LogP contribution in [0.25, 0.3) is 5.69 Å². The van der Waals surface area contributed by atoms with Gasteiger partial charge in [-0.05, 0) is 62.7 Å². The van der Waals surface area contributed by atoms with Gasteiger partial charge in [-0.3, -0.25) is 4.79 Å². The maximum Gasteiger partial charge on any atom is 0.259 e. The van der Waals surface area contributed by atoms with Crippen LogP contribution in [0.1, 0.15) is 22.5 Å². The van der Waals surface area contributed by atoms with Crippen molar-refractivity contribution in [2.45, 2.75) is 36.6 Å². The molecule has 2 heterocycles. The lowest BCUT2D eigenvalue weighted by Crippen LogP contribution is -2.60. The molecule has 0 radical (unpaired) electrons. The SMILES string of the molecule is Cc1ccccc1-n1c(C)cc(/C=N\NC(=O)[C@@H]2CN(S(=O)(=O)c3ccccc3)CCN2S(=O)(=O)c2ccccc2)c1C. The first-order chi connectivity index (χ1) is 20.5. The van der Waals surface area contributed by atoms with Crippen molar-refractivity contribution in [3.63, 3.8) is 0 Å². The number of amides is 1. The molecular formula is C31H33N5O5S2. The van der Waals surface area contributed by atoms with E-state index in [1.807, 2.05) is 51.1 Å². The van der Waals surface area contributed by atoms with E-state index in [9.17, 15) is 21.6 Å². The van der Waals surface area contributed by atoms with Crippen LogP contribution in [0.4, 0.5) is 0 Å². The fourth-order valence-corrected chi connectivity index (χ4v) is 8.32. The predicted octanol–water partition coefficient (Wildman–Crippen LogP) is 3.62. The third kappa shape index (κ3) is 6.04. The normalized spacial score (nSPS) is 16.9. The van der Waals surface area contributed by atoms with Gasteiger partial charge in [0, 0.05) is 42.3 Å². The summed E-state index contributed by atoms with van der Waals surface area (Å²) in [6, 6.07) is 24.2. The fraction of sp³-hybridized carbons (Fsp3) is 0.226. The van der Waals surface area contributed by atoms with Gasteiger partial charge in [-0.15, -0.1) is 0 Å². The van der Waals surface area contributed by atoms with Gasteiger partial charge in [0.05, 0.1) is 16.0 Å². The number of aromatic nitrogens is 1. The second-order valence-corrected chi connectivity index (χ2v) is 14.1. The molecule has 1 amide bonds. The molecule has 4 aromatic rings. The lowest BCUT2D eigenvalue weighted by atomic mass is 10.2. The minimum atomic E-state index is -4.11. The van der Waals surface area contributed by atoms with Crippen molar-refractivity contribution in [3.8, 4) is 5.69 Å². The number of para-hydroxylation sites is 1. The van der Waals surface area contributed by atoms with Crippen molar-refractivity contribution in [1.82, 2.24) is 18.6 Å². The zero-order chi connectivity index (χ0) is 30.8. The average Bonchev–Trinajstić information content (AvgIpc) is 3.29. The minimum absolute atomic E-state index is 0.0133. The van der Waals surface area contributed by atoms with Crippen LogP contribution in [-0.4, -0.2) is 67.8 Å². The van der Waals surface area contributed by atoms with E-state index in [4.69, 9.17) is 0 Å².